The predicted molar refractivity (Wildman–Crippen MR) is 108 cm³/mol. The van der Waals surface area contributed by atoms with Gasteiger partial charge in [-0.2, -0.15) is 0 Å². The zero-order chi connectivity index (χ0) is 19.5. The van der Waals surface area contributed by atoms with Crippen LogP contribution in [0.2, 0.25) is 0 Å². The monoisotopic (exact) mass is 379 g/mol. The van der Waals surface area contributed by atoms with Crippen LogP contribution < -0.4 is 4.90 Å². The summed E-state index contributed by atoms with van der Waals surface area (Å²) in [5, 5.41) is 0. The highest BCUT2D eigenvalue weighted by atomic mass is 16.5. The number of imide groups is 1. The fourth-order valence-electron chi connectivity index (χ4n) is 3.84. The summed E-state index contributed by atoms with van der Waals surface area (Å²) in [4.78, 5) is 30.9. The molecule has 6 nitrogen and oxygen atoms in total. The number of fused-ring (bicyclic) bond motifs is 1. The van der Waals surface area contributed by atoms with E-state index in [-0.39, 0.29) is 11.8 Å². The van der Waals surface area contributed by atoms with Gasteiger partial charge in [0.15, 0.2) is 0 Å². The number of amides is 2. The Kier molecular flexibility index (Phi) is 5.41. The average molecular weight is 379 g/mol. The molecule has 0 radical (unpaired) electrons. The van der Waals surface area contributed by atoms with E-state index < -0.39 is 0 Å². The molecule has 6 heteroatoms. The molecule has 0 spiro atoms. The highest BCUT2D eigenvalue weighted by molar-refractivity contribution is 6.21. The number of benzene rings is 2. The number of ether oxygens (including phenoxy) is 1. The molecule has 1 saturated heterocycles. The van der Waals surface area contributed by atoms with Crippen molar-refractivity contribution in [2.75, 3.05) is 51.3 Å². The molecule has 0 unspecified atom stereocenters. The number of carbonyl (C=O) groups excluding carboxylic acids is 2. The van der Waals surface area contributed by atoms with Gasteiger partial charge in [0, 0.05) is 38.4 Å². The van der Waals surface area contributed by atoms with E-state index in [9.17, 15) is 9.59 Å². The highest BCUT2D eigenvalue weighted by Crippen LogP contribution is 2.24. The van der Waals surface area contributed by atoms with Gasteiger partial charge in [-0.05, 0) is 30.8 Å². The minimum atomic E-state index is -0.192. The van der Waals surface area contributed by atoms with Gasteiger partial charge in [-0.15, -0.1) is 0 Å². The van der Waals surface area contributed by atoms with Crippen LogP contribution in [0.15, 0.2) is 48.5 Å². The van der Waals surface area contributed by atoms with Crippen molar-refractivity contribution in [3.8, 4) is 0 Å². The van der Waals surface area contributed by atoms with E-state index in [1.54, 1.807) is 24.3 Å². The van der Waals surface area contributed by atoms with Crippen molar-refractivity contribution in [2.45, 2.75) is 6.54 Å². The fraction of sp³-hybridized carbons (Fsp3) is 0.364. The summed E-state index contributed by atoms with van der Waals surface area (Å²) in [5.74, 6) is -0.384. The molecule has 4 rings (SSSR count). The van der Waals surface area contributed by atoms with Gasteiger partial charge < -0.3 is 14.5 Å². The number of carbonyl (C=O) groups is 2. The van der Waals surface area contributed by atoms with Gasteiger partial charge in [-0.25, -0.2) is 0 Å². The first-order chi connectivity index (χ1) is 13.6. The maximum absolute atomic E-state index is 12.5. The van der Waals surface area contributed by atoms with Gasteiger partial charge in [-0.3, -0.25) is 14.5 Å². The summed E-state index contributed by atoms with van der Waals surface area (Å²) in [6, 6.07) is 15.4. The SMILES string of the molecule is CN(CCN1C(=O)c2ccccc2C1=O)Cc1ccccc1N1CCOCC1. The molecule has 2 heterocycles. The summed E-state index contributed by atoms with van der Waals surface area (Å²) < 4.78 is 5.46. The maximum Gasteiger partial charge on any atom is 0.261 e. The van der Waals surface area contributed by atoms with E-state index in [1.165, 1.54) is 16.2 Å². The summed E-state index contributed by atoms with van der Waals surface area (Å²) >= 11 is 0. The van der Waals surface area contributed by atoms with E-state index >= 15 is 0 Å². The van der Waals surface area contributed by atoms with Gasteiger partial charge in [0.1, 0.15) is 0 Å². The number of likely N-dealkylation sites (N-methyl/N-ethyl adjacent to an activating group) is 1. The standard InChI is InChI=1S/C22H25N3O3/c1-23(10-11-25-21(26)18-7-3-4-8-19(18)22(25)27)16-17-6-2-5-9-20(17)24-12-14-28-15-13-24/h2-9H,10-16H2,1H3. The number of anilines is 1. The number of para-hydroxylation sites is 1. The van der Waals surface area contributed by atoms with Crippen LogP contribution in [0.3, 0.4) is 0 Å². The van der Waals surface area contributed by atoms with Gasteiger partial charge in [0.2, 0.25) is 0 Å². The summed E-state index contributed by atoms with van der Waals surface area (Å²) in [7, 11) is 2.02. The molecule has 0 N–H and O–H groups in total. The lowest BCUT2D eigenvalue weighted by Gasteiger charge is -2.31. The van der Waals surface area contributed by atoms with Gasteiger partial charge in [0.25, 0.3) is 11.8 Å². The quantitative estimate of drug-likeness (QED) is 0.721. The molecular weight excluding hydrogens is 354 g/mol. The fourth-order valence-corrected chi connectivity index (χ4v) is 3.84. The van der Waals surface area contributed by atoms with Crippen LogP contribution in [-0.4, -0.2) is 68.1 Å². The minimum Gasteiger partial charge on any atom is -0.378 e. The van der Waals surface area contributed by atoms with Crippen molar-refractivity contribution in [3.05, 3.63) is 65.2 Å². The van der Waals surface area contributed by atoms with Crippen molar-refractivity contribution in [3.63, 3.8) is 0 Å². The zero-order valence-electron chi connectivity index (χ0n) is 16.1. The molecule has 2 amide bonds. The molecule has 28 heavy (non-hydrogen) atoms. The molecule has 2 aliphatic rings. The van der Waals surface area contributed by atoms with Crippen LogP contribution in [0.5, 0.6) is 0 Å². The van der Waals surface area contributed by atoms with E-state index in [2.05, 4.69) is 34.1 Å². The van der Waals surface area contributed by atoms with E-state index in [0.29, 0.717) is 24.2 Å². The van der Waals surface area contributed by atoms with Crippen LogP contribution in [0.25, 0.3) is 0 Å². The molecule has 146 valence electrons. The third kappa shape index (κ3) is 3.66. The lowest BCUT2D eigenvalue weighted by atomic mass is 10.1. The molecule has 2 aliphatic heterocycles. The number of nitrogens with zero attached hydrogens (tertiary/aromatic N) is 3. The summed E-state index contributed by atoms with van der Waals surface area (Å²) in [5.41, 5.74) is 3.49. The normalized spacial score (nSPS) is 16.8. The van der Waals surface area contributed by atoms with Crippen molar-refractivity contribution < 1.29 is 14.3 Å². The van der Waals surface area contributed by atoms with E-state index in [4.69, 9.17) is 4.74 Å². The minimum absolute atomic E-state index is 0.192. The van der Waals surface area contributed by atoms with Crippen LogP contribution >= 0.6 is 0 Å². The Bertz CT molecular complexity index is 842. The third-order valence-electron chi connectivity index (χ3n) is 5.37. The molecule has 0 aromatic heterocycles. The van der Waals surface area contributed by atoms with Crippen molar-refractivity contribution in [1.29, 1.82) is 0 Å². The predicted octanol–water partition coefficient (Wildman–Crippen LogP) is 2.25. The number of rotatable bonds is 6. The smallest absolute Gasteiger partial charge is 0.261 e. The van der Waals surface area contributed by atoms with Gasteiger partial charge >= 0.3 is 0 Å². The highest BCUT2D eigenvalue weighted by Gasteiger charge is 2.34. The number of hydrogen-bond acceptors (Lipinski definition) is 5. The maximum atomic E-state index is 12.5. The first kappa shape index (κ1) is 18.7. The van der Waals surface area contributed by atoms with E-state index in [1.807, 2.05) is 7.05 Å². The Hall–Kier alpha value is -2.70. The molecule has 1 fully saturated rings. The lowest BCUT2D eigenvalue weighted by molar-refractivity contribution is 0.0640. The molecule has 0 atom stereocenters. The van der Waals surface area contributed by atoms with Crippen molar-refractivity contribution >= 4 is 17.5 Å². The number of hydrogen-bond donors (Lipinski definition) is 0. The van der Waals surface area contributed by atoms with Crippen LogP contribution in [-0.2, 0) is 11.3 Å². The number of morpholine rings is 1. The molecular formula is C22H25N3O3. The van der Waals surface area contributed by atoms with Gasteiger partial charge in [-0.1, -0.05) is 30.3 Å². The lowest BCUT2D eigenvalue weighted by Crippen LogP contribution is -2.38. The van der Waals surface area contributed by atoms with Crippen LogP contribution in [0.1, 0.15) is 26.3 Å². The Labute approximate surface area is 165 Å². The Balaban J connectivity index is 1.39. The zero-order valence-corrected chi connectivity index (χ0v) is 16.1. The first-order valence-corrected chi connectivity index (χ1v) is 9.69. The van der Waals surface area contributed by atoms with Crippen molar-refractivity contribution in [1.82, 2.24) is 9.80 Å². The molecule has 2 aromatic carbocycles. The molecule has 0 bridgehead atoms. The topological polar surface area (TPSA) is 53.1 Å². The second kappa shape index (κ2) is 8.12. The molecule has 0 saturated carbocycles. The Morgan fingerprint density at radius 3 is 2.21 bits per heavy atom. The van der Waals surface area contributed by atoms with E-state index in [0.717, 1.165) is 32.8 Å². The largest absolute Gasteiger partial charge is 0.378 e. The molecule has 2 aromatic rings. The molecule has 0 aliphatic carbocycles. The second-order valence-corrected chi connectivity index (χ2v) is 7.27. The summed E-state index contributed by atoms with van der Waals surface area (Å²) in [6.07, 6.45) is 0. The third-order valence-corrected chi connectivity index (χ3v) is 5.37. The summed E-state index contributed by atoms with van der Waals surface area (Å²) in [6.45, 7) is 5.08. The first-order valence-electron chi connectivity index (χ1n) is 9.69. The Morgan fingerprint density at radius 1 is 0.929 bits per heavy atom. The average Bonchev–Trinajstić information content (AvgIpc) is 2.98. The van der Waals surface area contributed by atoms with Gasteiger partial charge in [0.05, 0.1) is 24.3 Å². The van der Waals surface area contributed by atoms with Crippen LogP contribution in [0.4, 0.5) is 5.69 Å². The Morgan fingerprint density at radius 2 is 1.54 bits per heavy atom. The van der Waals surface area contributed by atoms with Crippen LogP contribution in [0, 0.1) is 0 Å². The second-order valence-electron chi connectivity index (χ2n) is 7.27. The van der Waals surface area contributed by atoms with Crippen molar-refractivity contribution in [2.24, 2.45) is 0 Å².